The van der Waals surface area contributed by atoms with Gasteiger partial charge < -0.3 is 9.80 Å². The molecule has 21 heavy (non-hydrogen) atoms. The van der Waals surface area contributed by atoms with Crippen LogP contribution < -0.4 is 0 Å². The van der Waals surface area contributed by atoms with Crippen LogP contribution in [0.2, 0.25) is 0 Å². The minimum Gasteiger partial charge on any atom is -0.338 e. The summed E-state index contributed by atoms with van der Waals surface area (Å²) >= 11 is 0. The first-order valence-electron chi connectivity index (χ1n) is 7.23. The topological polar surface area (TPSA) is 72.3 Å². The molecular formula is C15H21N5O. The first-order chi connectivity index (χ1) is 10.2. The van der Waals surface area contributed by atoms with Crippen LogP contribution in [0.3, 0.4) is 0 Å². The fourth-order valence-corrected chi connectivity index (χ4v) is 2.62. The average Bonchev–Trinajstić information content (AvgIpc) is 2.67. The number of nitrogens with zero attached hydrogens (tertiary/aromatic N) is 5. The second-order valence-electron chi connectivity index (χ2n) is 5.40. The van der Waals surface area contributed by atoms with E-state index in [1.807, 2.05) is 42.3 Å². The standard InChI is InChI=1S/C15H21N5O/c1-19-8-7-15(21)20(10-9-19)14(12-17-18-16)11-13-5-3-2-4-6-13/h2-6,14H,7-12H2,1H3/t14-/m0/s1. The van der Waals surface area contributed by atoms with Crippen LogP contribution in [0.5, 0.6) is 0 Å². The SMILES string of the molecule is CN1CCC(=O)N([C@H](CN=[N+]=[N-])Cc2ccccc2)CC1. The molecule has 1 aliphatic rings. The fourth-order valence-electron chi connectivity index (χ4n) is 2.62. The molecular weight excluding hydrogens is 266 g/mol. The van der Waals surface area contributed by atoms with Crippen LogP contribution in [-0.4, -0.2) is 55.0 Å². The van der Waals surface area contributed by atoms with E-state index in [4.69, 9.17) is 5.53 Å². The van der Waals surface area contributed by atoms with Crippen LogP contribution in [0, 0.1) is 0 Å². The Morgan fingerprint density at radius 1 is 1.29 bits per heavy atom. The van der Waals surface area contributed by atoms with Crippen molar-refractivity contribution in [2.24, 2.45) is 5.11 Å². The summed E-state index contributed by atoms with van der Waals surface area (Å²) < 4.78 is 0. The van der Waals surface area contributed by atoms with E-state index in [-0.39, 0.29) is 11.9 Å². The van der Waals surface area contributed by atoms with E-state index >= 15 is 0 Å². The molecule has 0 spiro atoms. The van der Waals surface area contributed by atoms with Crippen LogP contribution >= 0.6 is 0 Å². The predicted octanol–water partition coefficient (Wildman–Crippen LogP) is 2.07. The Kier molecular flexibility index (Phi) is 5.60. The summed E-state index contributed by atoms with van der Waals surface area (Å²) in [6.07, 6.45) is 1.24. The zero-order valence-electron chi connectivity index (χ0n) is 12.4. The number of carbonyl (C=O) groups excluding carboxylic acids is 1. The Balaban J connectivity index is 2.13. The number of azide groups is 1. The van der Waals surface area contributed by atoms with Crippen molar-refractivity contribution in [1.29, 1.82) is 0 Å². The Hall–Kier alpha value is -2.04. The van der Waals surface area contributed by atoms with Gasteiger partial charge in [-0.3, -0.25) is 4.79 Å². The molecule has 1 heterocycles. The number of likely N-dealkylation sites (N-methyl/N-ethyl adjacent to an activating group) is 1. The Labute approximate surface area is 125 Å². The number of rotatable bonds is 5. The summed E-state index contributed by atoms with van der Waals surface area (Å²) in [7, 11) is 2.02. The Morgan fingerprint density at radius 2 is 2.05 bits per heavy atom. The van der Waals surface area contributed by atoms with E-state index in [1.165, 1.54) is 0 Å². The molecule has 112 valence electrons. The van der Waals surface area contributed by atoms with E-state index in [9.17, 15) is 4.79 Å². The van der Waals surface area contributed by atoms with Gasteiger partial charge in [0.15, 0.2) is 0 Å². The van der Waals surface area contributed by atoms with Crippen LogP contribution in [-0.2, 0) is 11.2 Å². The summed E-state index contributed by atoms with van der Waals surface area (Å²) in [6, 6.07) is 9.95. The van der Waals surface area contributed by atoms with E-state index in [0.717, 1.165) is 25.1 Å². The summed E-state index contributed by atoms with van der Waals surface area (Å²) in [5.41, 5.74) is 9.74. The number of benzene rings is 1. The van der Waals surface area contributed by atoms with E-state index in [0.29, 0.717) is 19.5 Å². The van der Waals surface area contributed by atoms with Crippen molar-refractivity contribution in [2.45, 2.75) is 18.9 Å². The number of amides is 1. The molecule has 0 saturated carbocycles. The lowest BCUT2D eigenvalue weighted by atomic mass is 10.0. The highest BCUT2D eigenvalue weighted by atomic mass is 16.2. The van der Waals surface area contributed by atoms with Crippen molar-refractivity contribution < 1.29 is 4.79 Å². The number of carbonyl (C=O) groups is 1. The van der Waals surface area contributed by atoms with Crippen LogP contribution in [0.15, 0.2) is 35.4 Å². The normalized spacial score (nSPS) is 18.0. The lowest BCUT2D eigenvalue weighted by Gasteiger charge is -2.30. The van der Waals surface area contributed by atoms with Gasteiger partial charge in [0.1, 0.15) is 0 Å². The van der Waals surface area contributed by atoms with Gasteiger partial charge in [0.2, 0.25) is 5.91 Å². The number of hydrogen-bond acceptors (Lipinski definition) is 3. The van der Waals surface area contributed by atoms with Gasteiger partial charge in [-0.2, -0.15) is 0 Å². The second-order valence-corrected chi connectivity index (χ2v) is 5.40. The van der Waals surface area contributed by atoms with Gasteiger partial charge in [-0.25, -0.2) is 0 Å². The zero-order chi connectivity index (χ0) is 15.1. The average molecular weight is 287 g/mol. The summed E-state index contributed by atoms with van der Waals surface area (Å²) in [4.78, 5) is 19.2. The van der Waals surface area contributed by atoms with Crippen molar-refractivity contribution in [3.05, 3.63) is 46.3 Å². The molecule has 2 rings (SSSR count). The van der Waals surface area contributed by atoms with Crippen molar-refractivity contribution in [3.8, 4) is 0 Å². The Bertz CT molecular complexity index is 512. The molecule has 1 atom stereocenters. The molecule has 0 N–H and O–H groups in total. The minimum atomic E-state index is -0.0673. The molecule has 0 bridgehead atoms. The first kappa shape index (κ1) is 15.4. The van der Waals surface area contributed by atoms with E-state index in [1.54, 1.807) is 0 Å². The molecule has 1 aromatic rings. The third kappa shape index (κ3) is 4.48. The van der Waals surface area contributed by atoms with Crippen molar-refractivity contribution in [3.63, 3.8) is 0 Å². The summed E-state index contributed by atoms with van der Waals surface area (Å²) in [6.45, 7) is 2.65. The third-order valence-electron chi connectivity index (χ3n) is 3.86. The largest absolute Gasteiger partial charge is 0.338 e. The summed E-state index contributed by atoms with van der Waals surface area (Å²) in [5.74, 6) is 0.147. The first-order valence-corrected chi connectivity index (χ1v) is 7.23. The third-order valence-corrected chi connectivity index (χ3v) is 3.86. The van der Waals surface area contributed by atoms with Gasteiger partial charge in [-0.05, 0) is 24.6 Å². The fraction of sp³-hybridized carbons (Fsp3) is 0.533. The molecule has 1 aromatic carbocycles. The van der Waals surface area contributed by atoms with Crippen molar-refractivity contribution in [2.75, 3.05) is 33.2 Å². The molecule has 0 aliphatic carbocycles. The second kappa shape index (κ2) is 7.67. The molecule has 0 unspecified atom stereocenters. The molecule has 1 saturated heterocycles. The maximum absolute atomic E-state index is 12.3. The highest BCUT2D eigenvalue weighted by molar-refractivity contribution is 5.77. The molecule has 6 nitrogen and oxygen atoms in total. The van der Waals surface area contributed by atoms with Crippen LogP contribution in [0.25, 0.3) is 10.4 Å². The van der Waals surface area contributed by atoms with Crippen molar-refractivity contribution in [1.82, 2.24) is 9.80 Å². The van der Waals surface area contributed by atoms with Crippen LogP contribution in [0.4, 0.5) is 0 Å². The quantitative estimate of drug-likeness (QED) is 0.472. The van der Waals surface area contributed by atoms with E-state index in [2.05, 4.69) is 14.9 Å². The lowest BCUT2D eigenvalue weighted by molar-refractivity contribution is -0.132. The van der Waals surface area contributed by atoms with Gasteiger partial charge in [0.05, 0.1) is 0 Å². The lowest BCUT2D eigenvalue weighted by Crippen LogP contribution is -2.44. The maximum Gasteiger partial charge on any atom is 0.224 e. The number of hydrogen-bond donors (Lipinski definition) is 0. The molecule has 6 heteroatoms. The molecule has 0 radical (unpaired) electrons. The summed E-state index contributed by atoms with van der Waals surface area (Å²) in [5, 5.41) is 3.70. The van der Waals surface area contributed by atoms with Gasteiger partial charge in [-0.1, -0.05) is 35.4 Å². The highest BCUT2D eigenvalue weighted by Gasteiger charge is 2.26. The Morgan fingerprint density at radius 3 is 2.76 bits per heavy atom. The molecule has 0 aromatic heterocycles. The van der Waals surface area contributed by atoms with Crippen molar-refractivity contribution >= 4 is 5.91 Å². The maximum atomic E-state index is 12.3. The van der Waals surface area contributed by atoms with Gasteiger partial charge in [-0.15, -0.1) is 0 Å². The van der Waals surface area contributed by atoms with Gasteiger partial charge in [0.25, 0.3) is 0 Å². The van der Waals surface area contributed by atoms with E-state index < -0.39 is 0 Å². The highest BCUT2D eigenvalue weighted by Crippen LogP contribution is 2.14. The van der Waals surface area contributed by atoms with Gasteiger partial charge in [0, 0.05) is 43.6 Å². The predicted molar refractivity (Wildman–Crippen MR) is 81.8 cm³/mol. The molecule has 1 fully saturated rings. The molecule has 1 aliphatic heterocycles. The minimum absolute atomic E-state index is 0.0673. The monoisotopic (exact) mass is 287 g/mol. The van der Waals surface area contributed by atoms with Crippen LogP contribution in [0.1, 0.15) is 12.0 Å². The molecule has 1 amide bonds. The zero-order valence-corrected chi connectivity index (χ0v) is 12.4. The van der Waals surface area contributed by atoms with Gasteiger partial charge >= 0.3 is 0 Å². The smallest absolute Gasteiger partial charge is 0.224 e.